The van der Waals surface area contributed by atoms with Gasteiger partial charge in [-0.05, 0) is 52.9 Å². The van der Waals surface area contributed by atoms with E-state index in [1.165, 1.54) is 11.4 Å². The van der Waals surface area contributed by atoms with Crippen LogP contribution in [0.4, 0.5) is 0 Å². The molecule has 192 valence electrons. The van der Waals surface area contributed by atoms with Gasteiger partial charge < -0.3 is 10.1 Å². The molecule has 1 N–H and O–H groups in total. The maximum absolute atomic E-state index is 13.7. The van der Waals surface area contributed by atoms with Gasteiger partial charge in [-0.1, -0.05) is 84.9 Å². The van der Waals surface area contributed by atoms with E-state index < -0.39 is 16.1 Å². The SMILES string of the molecule is COc1ccc(C[C@@H](C(=O)N[C@@H](C)c2cccc3ccccc23)N(C)S(=O)(=O)Cc2ccccc2)cc1. The minimum absolute atomic E-state index is 0.185. The molecule has 0 saturated heterocycles. The first kappa shape index (κ1) is 26.4. The second-order valence-corrected chi connectivity index (χ2v) is 11.2. The largest absolute Gasteiger partial charge is 0.497 e. The van der Waals surface area contributed by atoms with E-state index in [-0.39, 0.29) is 24.1 Å². The van der Waals surface area contributed by atoms with E-state index in [1.807, 2.05) is 79.7 Å². The third-order valence-electron chi connectivity index (χ3n) is 6.61. The van der Waals surface area contributed by atoms with E-state index in [4.69, 9.17) is 4.74 Å². The van der Waals surface area contributed by atoms with Crippen molar-refractivity contribution in [3.63, 3.8) is 0 Å². The molecular formula is C30H32N2O4S. The predicted molar refractivity (Wildman–Crippen MR) is 148 cm³/mol. The molecule has 0 fully saturated rings. The number of carbonyl (C=O) groups excluding carboxylic acids is 1. The third-order valence-corrected chi connectivity index (χ3v) is 8.44. The van der Waals surface area contributed by atoms with Crippen molar-refractivity contribution >= 4 is 26.7 Å². The van der Waals surface area contributed by atoms with Crippen molar-refractivity contribution in [1.29, 1.82) is 0 Å². The number of methoxy groups -OCH3 is 1. The molecule has 0 heterocycles. The van der Waals surface area contributed by atoms with Crippen LogP contribution in [0.2, 0.25) is 0 Å². The van der Waals surface area contributed by atoms with Crippen LogP contribution in [-0.2, 0) is 27.0 Å². The summed E-state index contributed by atoms with van der Waals surface area (Å²) in [6.07, 6.45) is 0.225. The van der Waals surface area contributed by atoms with Crippen molar-refractivity contribution in [2.24, 2.45) is 0 Å². The van der Waals surface area contributed by atoms with Gasteiger partial charge in [-0.2, -0.15) is 4.31 Å². The predicted octanol–water partition coefficient (Wildman–Crippen LogP) is 5.10. The third kappa shape index (κ3) is 6.37. The molecule has 0 unspecified atom stereocenters. The van der Waals surface area contributed by atoms with E-state index in [9.17, 15) is 13.2 Å². The Morgan fingerprint density at radius 2 is 1.51 bits per heavy atom. The van der Waals surface area contributed by atoms with Gasteiger partial charge in [0, 0.05) is 7.05 Å². The molecule has 7 heteroatoms. The highest BCUT2D eigenvalue weighted by molar-refractivity contribution is 7.88. The van der Waals surface area contributed by atoms with Crippen molar-refractivity contribution in [1.82, 2.24) is 9.62 Å². The average Bonchev–Trinajstić information content (AvgIpc) is 2.91. The lowest BCUT2D eigenvalue weighted by Gasteiger charge is -2.28. The number of nitrogens with zero attached hydrogens (tertiary/aromatic N) is 1. The van der Waals surface area contributed by atoms with Crippen molar-refractivity contribution in [3.8, 4) is 5.75 Å². The first-order chi connectivity index (χ1) is 17.8. The summed E-state index contributed by atoms with van der Waals surface area (Å²) in [6, 6.07) is 29.0. The number of ether oxygens (including phenoxy) is 1. The van der Waals surface area contributed by atoms with Gasteiger partial charge in [-0.3, -0.25) is 4.79 Å². The van der Waals surface area contributed by atoms with Crippen LogP contribution in [0.1, 0.15) is 29.7 Å². The van der Waals surface area contributed by atoms with E-state index in [0.29, 0.717) is 11.3 Å². The smallest absolute Gasteiger partial charge is 0.239 e. The molecule has 0 aliphatic rings. The standard InChI is InChI=1S/C30H32N2O4S/c1-22(27-15-9-13-25-12-7-8-14-28(25)27)31-30(33)29(20-23-16-18-26(36-3)19-17-23)32(2)37(34,35)21-24-10-5-4-6-11-24/h4-19,22,29H,20-21H2,1-3H3,(H,31,33)/t22-,29-/m0/s1. The summed E-state index contributed by atoms with van der Waals surface area (Å²) >= 11 is 0. The molecule has 0 aliphatic carbocycles. The number of sulfonamides is 1. The van der Waals surface area contributed by atoms with Crippen molar-refractivity contribution in [3.05, 3.63) is 114 Å². The van der Waals surface area contributed by atoms with Gasteiger partial charge in [0.05, 0.1) is 18.9 Å². The highest BCUT2D eigenvalue weighted by Crippen LogP contribution is 2.25. The zero-order valence-corrected chi connectivity index (χ0v) is 22.1. The fourth-order valence-electron chi connectivity index (χ4n) is 4.47. The van der Waals surface area contributed by atoms with Gasteiger partial charge in [-0.15, -0.1) is 0 Å². The van der Waals surface area contributed by atoms with Crippen LogP contribution in [0.15, 0.2) is 97.1 Å². The molecule has 37 heavy (non-hydrogen) atoms. The number of amides is 1. The second kappa shape index (κ2) is 11.6. The number of rotatable bonds is 10. The molecular weight excluding hydrogens is 484 g/mol. The summed E-state index contributed by atoms with van der Waals surface area (Å²) in [5.74, 6) is 0.157. The maximum Gasteiger partial charge on any atom is 0.239 e. The molecule has 0 saturated carbocycles. The van der Waals surface area contributed by atoms with Crippen LogP contribution in [0.3, 0.4) is 0 Å². The van der Waals surface area contributed by atoms with Gasteiger partial charge >= 0.3 is 0 Å². The van der Waals surface area contributed by atoms with Crippen LogP contribution in [0.25, 0.3) is 10.8 Å². The molecule has 0 aliphatic heterocycles. The van der Waals surface area contributed by atoms with E-state index in [1.54, 1.807) is 31.4 Å². The number of hydrogen-bond donors (Lipinski definition) is 1. The van der Waals surface area contributed by atoms with Crippen LogP contribution >= 0.6 is 0 Å². The Bertz CT molecular complexity index is 1450. The Morgan fingerprint density at radius 1 is 0.865 bits per heavy atom. The van der Waals surface area contributed by atoms with Crippen LogP contribution in [0, 0.1) is 0 Å². The molecule has 0 bridgehead atoms. The fourth-order valence-corrected chi connectivity index (χ4v) is 5.84. The first-order valence-electron chi connectivity index (χ1n) is 12.2. The lowest BCUT2D eigenvalue weighted by atomic mass is 9.99. The molecule has 4 aromatic carbocycles. The summed E-state index contributed by atoms with van der Waals surface area (Å²) in [7, 11) is -0.710. The topological polar surface area (TPSA) is 75.7 Å². The van der Waals surface area contributed by atoms with E-state index in [2.05, 4.69) is 5.32 Å². The number of benzene rings is 4. The summed E-state index contributed by atoms with van der Waals surface area (Å²) in [5, 5.41) is 5.21. The molecule has 4 aromatic rings. The molecule has 1 amide bonds. The Labute approximate surface area is 218 Å². The second-order valence-electron chi connectivity index (χ2n) is 9.12. The normalized spacial score (nSPS) is 13.3. The highest BCUT2D eigenvalue weighted by Gasteiger charge is 2.33. The maximum atomic E-state index is 13.7. The Balaban J connectivity index is 1.61. The van der Waals surface area contributed by atoms with E-state index >= 15 is 0 Å². The van der Waals surface area contributed by atoms with Crippen molar-refractivity contribution < 1.29 is 17.9 Å². The number of likely N-dealkylation sites (N-methyl/N-ethyl adjacent to an activating group) is 1. The number of hydrogen-bond acceptors (Lipinski definition) is 4. The zero-order valence-electron chi connectivity index (χ0n) is 21.3. The van der Waals surface area contributed by atoms with Crippen LogP contribution < -0.4 is 10.1 Å². The minimum atomic E-state index is -3.78. The van der Waals surface area contributed by atoms with Crippen LogP contribution in [-0.4, -0.2) is 38.8 Å². The number of fused-ring (bicyclic) bond motifs is 1. The van der Waals surface area contributed by atoms with Gasteiger partial charge in [0.15, 0.2) is 0 Å². The number of carbonyl (C=O) groups is 1. The molecule has 0 aromatic heterocycles. The Morgan fingerprint density at radius 3 is 2.22 bits per heavy atom. The summed E-state index contributed by atoms with van der Waals surface area (Å²) < 4.78 is 33.2. The van der Waals surface area contributed by atoms with Gasteiger partial charge in [0.25, 0.3) is 0 Å². The fraction of sp³-hybridized carbons (Fsp3) is 0.233. The quantitative estimate of drug-likeness (QED) is 0.318. The molecule has 0 spiro atoms. The van der Waals surface area contributed by atoms with Crippen molar-refractivity contribution in [2.45, 2.75) is 31.2 Å². The summed E-state index contributed by atoms with van der Waals surface area (Å²) in [5.41, 5.74) is 2.48. The minimum Gasteiger partial charge on any atom is -0.497 e. The Kier molecular flexibility index (Phi) is 8.26. The zero-order chi connectivity index (χ0) is 26.4. The monoisotopic (exact) mass is 516 g/mol. The van der Waals surface area contributed by atoms with Gasteiger partial charge in [0.2, 0.25) is 15.9 Å². The summed E-state index contributed by atoms with van der Waals surface area (Å²) in [4.78, 5) is 13.7. The van der Waals surface area contributed by atoms with Crippen LogP contribution in [0.5, 0.6) is 5.75 Å². The molecule has 4 rings (SSSR count). The highest BCUT2D eigenvalue weighted by atomic mass is 32.2. The number of nitrogens with one attached hydrogen (secondary N) is 1. The Hall–Kier alpha value is -3.68. The average molecular weight is 517 g/mol. The molecule has 6 nitrogen and oxygen atoms in total. The summed E-state index contributed by atoms with van der Waals surface area (Å²) in [6.45, 7) is 1.92. The molecule has 2 atom stereocenters. The molecule has 0 radical (unpaired) electrons. The van der Waals surface area contributed by atoms with Gasteiger partial charge in [-0.25, -0.2) is 8.42 Å². The first-order valence-corrected chi connectivity index (χ1v) is 13.8. The lowest BCUT2D eigenvalue weighted by Crippen LogP contribution is -2.49. The van der Waals surface area contributed by atoms with Gasteiger partial charge in [0.1, 0.15) is 11.8 Å². The van der Waals surface area contributed by atoms with Crippen molar-refractivity contribution in [2.75, 3.05) is 14.2 Å². The van der Waals surface area contributed by atoms with E-state index in [0.717, 1.165) is 21.9 Å². The lowest BCUT2D eigenvalue weighted by molar-refractivity contribution is -0.125.